The number of nitrogens with one attached hydrogen (secondary N) is 1. The summed E-state index contributed by atoms with van der Waals surface area (Å²) in [5, 5.41) is 3.86. The molecule has 0 radical (unpaired) electrons. The molecule has 0 aliphatic carbocycles. The Kier molecular flexibility index (Phi) is 6.78. The number of rotatable bonds is 8. The molecular formula is C18H19FN2O5. The Morgan fingerprint density at radius 2 is 1.69 bits per heavy atom. The molecule has 0 aliphatic heterocycles. The number of hydrogen-bond acceptors (Lipinski definition) is 6. The summed E-state index contributed by atoms with van der Waals surface area (Å²) < 4.78 is 33.7. The molecule has 0 fully saturated rings. The van der Waals surface area contributed by atoms with E-state index in [4.69, 9.17) is 18.9 Å². The number of carbonyl (C=O) groups excluding carboxylic acids is 1. The first kappa shape index (κ1) is 19.0. The number of halogens is 1. The van der Waals surface area contributed by atoms with Gasteiger partial charge in [-0.05, 0) is 36.4 Å². The molecule has 1 amide bonds. The van der Waals surface area contributed by atoms with Crippen molar-refractivity contribution in [2.45, 2.75) is 0 Å². The van der Waals surface area contributed by atoms with Crippen molar-refractivity contribution in [3.8, 4) is 23.0 Å². The molecule has 138 valence electrons. The van der Waals surface area contributed by atoms with Gasteiger partial charge in [-0.15, -0.1) is 0 Å². The third kappa shape index (κ3) is 5.10. The van der Waals surface area contributed by atoms with Gasteiger partial charge in [0.15, 0.2) is 18.1 Å². The normalized spacial score (nSPS) is 10.5. The van der Waals surface area contributed by atoms with Crippen LogP contribution in [0.4, 0.5) is 4.39 Å². The summed E-state index contributed by atoms with van der Waals surface area (Å²) in [6.07, 6.45) is 1.43. The minimum Gasteiger partial charge on any atom is -0.493 e. The number of amides is 1. The molecule has 0 bridgehead atoms. The molecule has 0 aliphatic rings. The summed E-state index contributed by atoms with van der Waals surface area (Å²) in [5.74, 6) is 0.951. The largest absolute Gasteiger partial charge is 0.493 e. The second-order valence-corrected chi connectivity index (χ2v) is 4.99. The fourth-order valence-corrected chi connectivity index (χ4v) is 2.07. The maximum Gasteiger partial charge on any atom is 0.277 e. The van der Waals surface area contributed by atoms with Crippen LogP contribution in [0.2, 0.25) is 0 Å². The summed E-state index contributed by atoms with van der Waals surface area (Å²) >= 11 is 0. The first-order valence-electron chi connectivity index (χ1n) is 7.57. The van der Waals surface area contributed by atoms with Crippen LogP contribution in [0.5, 0.6) is 23.0 Å². The minimum atomic E-state index is -0.460. The van der Waals surface area contributed by atoms with Gasteiger partial charge < -0.3 is 18.9 Å². The van der Waals surface area contributed by atoms with Crippen LogP contribution >= 0.6 is 0 Å². The van der Waals surface area contributed by atoms with E-state index in [-0.39, 0.29) is 12.4 Å². The minimum absolute atomic E-state index is 0.252. The second kappa shape index (κ2) is 9.26. The van der Waals surface area contributed by atoms with E-state index in [2.05, 4.69) is 10.5 Å². The number of nitrogens with zero attached hydrogens (tertiary/aromatic N) is 1. The molecule has 26 heavy (non-hydrogen) atoms. The summed E-state index contributed by atoms with van der Waals surface area (Å²) in [4.78, 5) is 11.7. The Bertz CT molecular complexity index is 753. The Labute approximate surface area is 150 Å². The van der Waals surface area contributed by atoms with Crippen molar-refractivity contribution in [2.24, 2.45) is 5.10 Å². The summed E-state index contributed by atoms with van der Waals surface area (Å²) in [6.45, 7) is -0.252. The molecule has 8 heteroatoms. The topological polar surface area (TPSA) is 78.4 Å². The molecule has 1 N–H and O–H groups in total. The van der Waals surface area contributed by atoms with Crippen LogP contribution in [-0.4, -0.2) is 40.1 Å². The smallest absolute Gasteiger partial charge is 0.277 e. The van der Waals surface area contributed by atoms with Crippen molar-refractivity contribution in [3.05, 3.63) is 47.8 Å². The second-order valence-electron chi connectivity index (χ2n) is 4.99. The van der Waals surface area contributed by atoms with Gasteiger partial charge in [0.1, 0.15) is 11.6 Å². The summed E-state index contributed by atoms with van der Waals surface area (Å²) in [6, 6.07) is 8.73. The van der Waals surface area contributed by atoms with E-state index < -0.39 is 5.91 Å². The molecule has 0 saturated carbocycles. The highest BCUT2D eigenvalue weighted by Crippen LogP contribution is 2.37. The van der Waals surface area contributed by atoms with Gasteiger partial charge in [-0.2, -0.15) is 5.10 Å². The van der Waals surface area contributed by atoms with E-state index in [0.29, 0.717) is 28.6 Å². The predicted molar refractivity (Wildman–Crippen MR) is 93.7 cm³/mol. The van der Waals surface area contributed by atoms with E-state index in [0.717, 1.165) is 0 Å². The lowest BCUT2D eigenvalue weighted by Crippen LogP contribution is -2.24. The van der Waals surface area contributed by atoms with E-state index in [1.54, 1.807) is 12.1 Å². The quantitative estimate of drug-likeness (QED) is 0.576. The molecule has 2 aromatic carbocycles. The van der Waals surface area contributed by atoms with Gasteiger partial charge in [0.2, 0.25) is 5.75 Å². The Hall–Kier alpha value is -3.29. The first-order chi connectivity index (χ1) is 12.6. The Morgan fingerprint density at radius 3 is 2.23 bits per heavy atom. The lowest BCUT2D eigenvalue weighted by atomic mass is 10.2. The molecule has 0 saturated heterocycles. The zero-order valence-electron chi connectivity index (χ0n) is 14.6. The van der Waals surface area contributed by atoms with Crippen molar-refractivity contribution < 1.29 is 28.1 Å². The van der Waals surface area contributed by atoms with Gasteiger partial charge in [-0.25, -0.2) is 9.82 Å². The maximum absolute atomic E-state index is 12.8. The number of benzene rings is 2. The van der Waals surface area contributed by atoms with Gasteiger partial charge in [-0.3, -0.25) is 4.79 Å². The van der Waals surface area contributed by atoms with Crippen LogP contribution in [0.3, 0.4) is 0 Å². The Balaban J connectivity index is 1.94. The zero-order chi connectivity index (χ0) is 18.9. The third-order valence-electron chi connectivity index (χ3n) is 3.27. The van der Waals surface area contributed by atoms with Crippen LogP contribution in [-0.2, 0) is 4.79 Å². The van der Waals surface area contributed by atoms with Crippen molar-refractivity contribution in [3.63, 3.8) is 0 Å². The highest BCUT2D eigenvalue weighted by atomic mass is 19.1. The molecule has 0 aromatic heterocycles. The number of ether oxygens (including phenoxy) is 4. The standard InChI is InChI=1S/C18H19FN2O5/c1-23-15-8-12(9-16(24-2)18(15)25-3)10-20-21-17(22)11-26-14-6-4-13(19)5-7-14/h4-10H,11H2,1-3H3,(H,21,22)/b20-10-. The van der Waals surface area contributed by atoms with Gasteiger partial charge in [0.05, 0.1) is 27.5 Å². The van der Waals surface area contributed by atoms with Crippen molar-refractivity contribution in [1.29, 1.82) is 0 Å². The van der Waals surface area contributed by atoms with Gasteiger partial charge >= 0.3 is 0 Å². The highest BCUT2D eigenvalue weighted by molar-refractivity contribution is 5.84. The number of methoxy groups -OCH3 is 3. The van der Waals surface area contributed by atoms with Crippen LogP contribution < -0.4 is 24.4 Å². The van der Waals surface area contributed by atoms with E-state index in [9.17, 15) is 9.18 Å². The molecule has 2 aromatic rings. The third-order valence-corrected chi connectivity index (χ3v) is 3.27. The fourth-order valence-electron chi connectivity index (χ4n) is 2.07. The molecule has 7 nitrogen and oxygen atoms in total. The fraction of sp³-hybridized carbons (Fsp3) is 0.222. The highest BCUT2D eigenvalue weighted by Gasteiger charge is 2.12. The molecule has 0 unspecified atom stereocenters. The van der Waals surface area contributed by atoms with Crippen LogP contribution in [0.1, 0.15) is 5.56 Å². The lowest BCUT2D eigenvalue weighted by Gasteiger charge is -2.12. The summed E-state index contributed by atoms with van der Waals surface area (Å²) in [5.41, 5.74) is 2.97. The number of hydrazone groups is 1. The van der Waals surface area contributed by atoms with Crippen LogP contribution in [0.25, 0.3) is 0 Å². The SMILES string of the molecule is COc1cc(/C=N\NC(=O)COc2ccc(F)cc2)cc(OC)c1OC. The van der Waals surface area contributed by atoms with Gasteiger partial charge in [-0.1, -0.05) is 0 Å². The molecule has 2 rings (SSSR count). The van der Waals surface area contributed by atoms with E-state index >= 15 is 0 Å². The molecular weight excluding hydrogens is 343 g/mol. The number of carbonyl (C=O) groups is 1. The molecule has 0 heterocycles. The van der Waals surface area contributed by atoms with Gasteiger partial charge in [0.25, 0.3) is 5.91 Å². The van der Waals surface area contributed by atoms with Gasteiger partial charge in [0, 0.05) is 5.56 Å². The maximum atomic E-state index is 12.8. The van der Waals surface area contributed by atoms with E-state index in [1.165, 1.54) is 51.8 Å². The van der Waals surface area contributed by atoms with E-state index in [1.807, 2.05) is 0 Å². The van der Waals surface area contributed by atoms with Crippen molar-refractivity contribution in [2.75, 3.05) is 27.9 Å². The monoisotopic (exact) mass is 362 g/mol. The molecule has 0 spiro atoms. The molecule has 0 atom stereocenters. The van der Waals surface area contributed by atoms with Crippen molar-refractivity contribution in [1.82, 2.24) is 5.43 Å². The number of hydrogen-bond donors (Lipinski definition) is 1. The predicted octanol–water partition coefficient (Wildman–Crippen LogP) is 2.38. The zero-order valence-corrected chi connectivity index (χ0v) is 14.6. The summed E-state index contributed by atoms with van der Waals surface area (Å²) in [7, 11) is 4.52. The van der Waals surface area contributed by atoms with Crippen LogP contribution in [0.15, 0.2) is 41.5 Å². The average Bonchev–Trinajstić information content (AvgIpc) is 2.66. The Morgan fingerprint density at radius 1 is 1.08 bits per heavy atom. The van der Waals surface area contributed by atoms with Crippen LogP contribution in [0, 0.1) is 5.82 Å². The lowest BCUT2D eigenvalue weighted by molar-refractivity contribution is -0.123. The first-order valence-corrected chi connectivity index (χ1v) is 7.57. The average molecular weight is 362 g/mol. The van der Waals surface area contributed by atoms with Crippen molar-refractivity contribution >= 4 is 12.1 Å².